The molecule has 0 bridgehead atoms. The van der Waals surface area contributed by atoms with E-state index in [2.05, 4.69) is 45.6 Å². The molecule has 132 valence electrons. The van der Waals surface area contributed by atoms with Crippen LogP contribution in [0.15, 0.2) is 36.7 Å². The van der Waals surface area contributed by atoms with Gasteiger partial charge in [0.05, 0.1) is 6.54 Å². The van der Waals surface area contributed by atoms with Crippen LogP contribution in [0.3, 0.4) is 0 Å². The average Bonchev–Trinajstić information content (AvgIpc) is 3.19. The third kappa shape index (κ3) is 2.76. The van der Waals surface area contributed by atoms with E-state index >= 15 is 0 Å². The van der Waals surface area contributed by atoms with Crippen LogP contribution in [0.1, 0.15) is 37.1 Å². The molecule has 0 saturated carbocycles. The zero-order valence-electron chi connectivity index (χ0n) is 15.1. The number of anilines is 1. The molecule has 4 rings (SSSR count). The maximum atomic E-state index is 13.5. The van der Waals surface area contributed by atoms with E-state index in [1.165, 1.54) is 5.56 Å². The molecule has 1 aromatic carbocycles. The summed E-state index contributed by atoms with van der Waals surface area (Å²) in [5.41, 5.74) is 1.90. The molecular formula is C20H26N4O. The van der Waals surface area contributed by atoms with Crippen molar-refractivity contribution in [2.75, 3.05) is 18.0 Å². The van der Waals surface area contributed by atoms with Gasteiger partial charge in [-0.05, 0) is 51.3 Å². The molecule has 2 saturated heterocycles. The lowest BCUT2D eigenvalue weighted by Crippen LogP contribution is -2.60. The monoisotopic (exact) mass is 338 g/mol. The maximum Gasteiger partial charge on any atom is 0.247 e. The van der Waals surface area contributed by atoms with Crippen LogP contribution in [0.4, 0.5) is 5.69 Å². The summed E-state index contributed by atoms with van der Waals surface area (Å²) < 4.78 is 2.05. The molecule has 1 unspecified atom stereocenters. The minimum absolute atomic E-state index is 0.273. The van der Waals surface area contributed by atoms with Crippen molar-refractivity contribution in [1.29, 1.82) is 0 Å². The number of nitrogens with zero attached hydrogens (tertiary/aromatic N) is 4. The summed E-state index contributed by atoms with van der Waals surface area (Å²) in [5.74, 6) is 1.30. The van der Waals surface area contributed by atoms with E-state index in [9.17, 15) is 4.79 Å². The van der Waals surface area contributed by atoms with Crippen LogP contribution in [-0.2, 0) is 18.4 Å². The van der Waals surface area contributed by atoms with Gasteiger partial charge >= 0.3 is 0 Å². The van der Waals surface area contributed by atoms with Crippen LogP contribution in [-0.4, -0.2) is 39.0 Å². The molecule has 1 atom stereocenters. The number of aryl methyl sites for hydroxylation is 2. The first-order valence-electron chi connectivity index (χ1n) is 9.20. The van der Waals surface area contributed by atoms with Crippen molar-refractivity contribution in [3.05, 3.63) is 48.0 Å². The summed E-state index contributed by atoms with van der Waals surface area (Å²) in [4.78, 5) is 22.4. The smallest absolute Gasteiger partial charge is 0.247 e. The van der Waals surface area contributed by atoms with E-state index in [1.54, 1.807) is 0 Å². The summed E-state index contributed by atoms with van der Waals surface area (Å²) in [5, 5.41) is 0. The van der Waals surface area contributed by atoms with Crippen molar-refractivity contribution >= 4 is 11.6 Å². The summed E-state index contributed by atoms with van der Waals surface area (Å²) >= 11 is 0. The van der Waals surface area contributed by atoms with E-state index in [0.29, 0.717) is 0 Å². The molecule has 2 aliphatic rings. The van der Waals surface area contributed by atoms with Gasteiger partial charge in [-0.25, -0.2) is 4.98 Å². The number of amides is 1. The van der Waals surface area contributed by atoms with E-state index in [1.807, 2.05) is 24.3 Å². The molecule has 1 spiro atoms. The molecule has 3 heterocycles. The van der Waals surface area contributed by atoms with Crippen molar-refractivity contribution in [2.24, 2.45) is 7.05 Å². The molecule has 0 N–H and O–H groups in total. The first kappa shape index (κ1) is 16.3. The average molecular weight is 338 g/mol. The highest BCUT2D eigenvalue weighted by molar-refractivity contribution is 6.01. The lowest BCUT2D eigenvalue weighted by Gasteiger charge is -2.44. The molecule has 5 nitrogen and oxygen atoms in total. The third-order valence-electron chi connectivity index (χ3n) is 5.84. The second-order valence-electron chi connectivity index (χ2n) is 7.41. The molecule has 0 radical (unpaired) electrons. The minimum atomic E-state index is -0.352. The number of piperidine rings is 1. The fraction of sp³-hybridized carbons (Fsp3) is 0.500. The molecule has 5 heteroatoms. The second-order valence-corrected chi connectivity index (χ2v) is 7.41. The van der Waals surface area contributed by atoms with Gasteiger partial charge in [-0.2, -0.15) is 0 Å². The molecule has 2 aromatic rings. The van der Waals surface area contributed by atoms with E-state index in [-0.39, 0.29) is 11.4 Å². The molecule has 1 amide bonds. The molecule has 2 aliphatic heterocycles. The van der Waals surface area contributed by atoms with Gasteiger partial charge in [0.25, 0.3) is 0 Å². The van der Waals surface area contributed by atoms with Gasteiger partial charge in [0.15, 0.2) is 0 Å². The molecule has 2 fully saturated rings. The van der Waals surface area contributed by atoms with Crippen LogP contribution in [0.5, 0.6) is 0 Å². The molecule has 25 heavy (non-hydrogen) atoms. The summed E-state index contributed by atoms with van der Waals surface area (Å²) in [6.07, 6.45) is 7.85. The molecular weight excluding hydrogens is 312 g/mol. The number of imidazole rings is 1. The highest BCUT2D eigenvalue weighted by Crippen LogP contribution is 2.40. The Morgan fingerprint density at radius 3 is 2.52 bits per heavy atom. The van der Waals surface area contributed by atoms with Crippen LogP contribution in [0.2, 0.25) is 0 Å². The van der Waals surface area contributed by atoms with E-state index < -0.39 is 0 Å². The zero-order chi connectivity index (χ0) is 17.4. The van der Waals surface area contributed by atoms with E-state index in [0.717, 1.165) is 56.8 Å². The summed E-state index contributed by atoms with van der Waals surface area (Å²) in [6.45, 7) is 4.62. The Morgan fingerprint density at radius 2 is 1.84 bits per heavy atom. The standard InChI is InChI=1S/C20H26N4O/c1-16-5-7-17(8-6-16)24-13-4-10-20(19(24)25)9-3-12-23(20)15-18-21-11-14-22(18)2/h5-8,11,14H,3-4,9-10,12-13,15H2,1-2H3. The Bertz CT molecular complexity index is 766. The predicted octanol–water partition coefficient (Wildman–Crippen LogP) is 2.89. The fourth-order valence-electron chi connectivity index (χ4n) is 4.37. The lowest BCUT2D eigenvalue weighted by atomic mass is 9.85. The van der Waals surface area contributed by atoms with Crippen molar-refractivity contribution in [3.63, 3.8) is 0 Å². The van der Waals surface area contributed by atoms with Crippen molar-refractivity contribution in [2.45, 2.75) is 44.7 Å². The van der Waals surface area contributed by atoms with Crippen LogP contribution >= 0.6 is 0 Å². The van der Waals surface area contributed by atoms with Gasteiger partial charge in [-0.1, -0.05) is 17.7 Å². The number of hydrogen-bond acceptors (Lipinski definition) is 3. The fourth-order valence-corrected chi connectivity index (χ4v) is 4.37. The second kappa shape index (κ2) is 6.30. The number of hydrogen-bond donors (Lipinski definition) is 0. The largest absolute Gasteiger partial charge is 0.337 e. The number of benzene rings is 1. The Balaban J connectivity index is 1.62. The van der Waals surface area contributed by atoms with E-state index in [4.69, 9.17) is 0 Å². The number of rotatable bonds is 3. The topological polar surface area (TPSA) is 41.4 Å². The first-order chi connectivity index (χ1) is 12.1. The Morgan fingerprint density at radius 1 is 1.12 bits per heavy atom. The minimum Gasteiger partial charge on any atom is -0.337 e. The Hall–Kier alpha value is -2.14. The van der Waals surface area contributed by atoms with Gasteiger partial charge in [-0.15, -0.1) is 0 Å². The van der Waals surface area contributed by atoms with Crippen LogP contribution < -0.4 is 4.90 Å². The quantitative estimate of drug-likeness (QED) is 0.864. The van der Waals surface area contributed by atoms with Crippen molar-refractivity contribution in [3.8, 4) is 0 Å². The summed E-state index contributed by atoms with van der Waals surface area (Å²) in [7, 11) is 2.02. The maximum absolute atomic E-state index is 13.5. The lowest BCUT2D eigenvalue weighted by molar-refractivity contribution is -0.131. The predicted molar refractivity (Wildman–Crippen MR) is 98.3 cm³/mol. The first-order valence-corrected chi connectivity index (χ1v) is 9.20. The van der Waals surface area contributed by atoms with Gasteiger partial charge in [0.1, 0.15) is 11.4 Å². The normalized spacial score (nSPS) is 24.4. The highest BCUT2D eigenvalue weighted by atomic mass is 16.2. The van der Waals surface area contributed by atoms with Crippen LogP contribution in [0.25, 0.3) is 0 Å². The zero-order valence-corrected chi connectivity index (χ0v) is 15.1. The number of aromatic nitrogens is 2. The van der Waals surface area contributed by atoms with Gasteiger partial charge in [0.2, 0.25) is 5.91 Å². The van der Waals surface area contributed by atoms with Gasteiger partial charge in [-0.3, -0.25) is 9.69 Å². The Kier molecular flexibility index (Phi) is 4.12. The van der Waals surface area contributed by atoms with Gasteiger partial charge in [0, 0.05) is 31.7 Å². The van der Waals surface area contributed by atoms with Gasteiger partial charge < -0.3 is 9.47 Å². The molecule has 1 aromatic heterocycles. The number of likely N-dealkylation sites (tertiary alicyclic amines) is 1. The van der Waals surface area contributed by atoms with Crippen LogP contribution in [0, 0.1) is 6.92 Å². The van der Waals surface area contributed by atoms with Crippen molar-refractivity contribution in [1.82, 2.24) is 14.5 Å². The molecule has 0 aliphatic carbocycles. The Labute approximate surface area is 149 Å². The number of carbonyl (C=O) groups excluding carboxylic acids is 1. The number of carbonyl (C=O) groups is 1. The third-order valence-corrected chi connectivity index (χ3v) is 5.84. The SMILES string of the molecule is Cc1ccc(N2CCCC3(CCCN3Cc3nccn3C)C2=O)cc1. The summed E-state index contributed by atoms with van der Waals surface area (Å²) in [6, 6.07) is 8.32. The van der Waals surface area contributed by atoms with Crippen molar-refractivity contribution < 1.29 is 4.79 Å². The highest BCUT2D eigenvalue weighted by Gasteiger charge is 2.51.